The van der Waals surface area contributed by atoms with Gasteiger partial charge in [0, 0.05) is 11.6 Å². The summed E-state index contributed by atoms with van der Waals surface area (Å²) in [4.78, 5) is 14.5. The molecule has 2 aromatic heterocycles. The molecule has 10 heteroatoms. The predicted octanol–water partition coefficient (Wildman–Crippen LogP) is 6.89. The minimum atomic E-state index is -4.61. The molecule has 0 unspecified atom stereocenters. The van der Waals surface area contributed by atoms with Gasteiger partial charge >= 0.3 is 12.1 Å². The molecule has 2 heterocycles. The Bertz CT molecular complexity index is 1170. The Labute approximate surface area is 204 Å². The van der Waals surface area contributed by atoms with Crippen LogP contribution in [0.4, 0.5) is 13.2 Å². The number of aromatic carboxylic acids is 1. The first-order valence-corrected chi connectivity index (χ1v) is 12.1. The SMILES string of the molecule is Cc1ccc(-c2nc(CO[C@H]3CCC[C@@H](COc4cc(C(F)(F)F)sc4C(=O)O)C3)c(C)o2)cc1. The fraction of sp³-hybridized carbons (Fsp3) is 0.440. The fourth-order valence-electron chi connectivity index (χ4n) is 4.10. The van der Waals surface area contributed by atoms with Gasteiger partial charge < -0.3 is 19.0 Å². The number of thiophene rings is 1. The number of rotatable bonds is 8. The van der Waals surface area contributed by atoms with Crippen LogP contribution in [-0.2, 0) is 17.5 Å². The summed E-state index contributed by atoms with van der Waals surface area (Å²) < 4.78 is 56.4. The molecule has 1 fully saturated rings. The molecule has 1 saturated carbocycles. The zero-order valence-electron chi connectivity index (χ0n) is 19.4. The van der Waals surface area contributed by atoms with Crippen molar-refractivity contribution in [3.8, 4) is 17.2 Å². The summed E-state index contributed by atoms with van der Waals surface area (Å²) in [5.74, 6) is -0.390. The van der Waals surface area contributed by atoms with E-state index >= 15 is 0 Å². The van der Waals surface area contributed by atoms with Crippen molar-refractivity contribution in [2.75, 3.05) is 6.61 Å². The number of carbonyl (C=O) groups is 1. The van der Waals surface area contributed by atoms with Crippen LogP contribution in [0.2, 0.25) is 0 Å². The van der Waals surface area contributed by atoms with Crippen molar-refractivity contribution in [3.05, 3.63) is 57.1 Å². The second-order valence-electron chi connectivity index (χ2n) is 8.77. The monoisotopic (exact) mass is 509 g/mol. The minimum absolute atomic E-state index is 0.0474. The summed E-state index contributed by atoms with van der Waals surface area (Å²) in [5.41, 5.74) is 2.76. The number of aromatic nitrogens is 1. The van der Waals surface area contributed by atoms with Gasteiger partial charge in [-0.05, 0) is 51.2 Å². The number of hydrogen-bond donors (Lipinski definition) is 1. The molecule has 0 spiro atoms. The highest BCUT2D eigenvalue weighted by molar-refractivity contribution is 7.14. The normalized spacial score (nSPS) is 18.5. The van der Waals surface area contributed by atoms with Gasteiger partial charge in [0.05, 0.1) is 19.3 Å². The number of aryl methyl sites for hydroxylation is 2. The van der Waals surface area contributed by atoms with E-state index in [1.165, 1.54) is 0 Å². The lowest BCUT2D eigenvalue weighted by molar-refractivity contribution is -0.134. The first-order valence-electron chi connectivity index (χ1n) is 11.3. The molecule has 0 radical (unpaired) electrons. The average Bonchev–Trinajstić information content (AvgIpc) is 3.41. The van der Waals surface area contributed by atoms with Crippen LogP contribution in [0.15, 0.2) is 34.7 Å². The molecule has 2 atom stereocenters. The van der Waals surface area contributed by atoms with Gasteiger partial charge in [0.25, 0.3) is 0 Å². The molecule has 35 heavy (non-hydrogen) atoms. The highest BCUT2D eigenvalue weighted by atomic mass is 32.1. The molecule has 0 saturated heterocycles. The molecular formula is C25H26F3NO5S. The summed E-state index contributed by atoms with van der Waals surface area (Å²) in [6.07, 6.45) is -1.43. The fourth-order valence-corrected chi connectivity index (χ4v) is 4.91. The van der Waals surface area contributed by atoms with E-state index < -0.39 is 21.9 Å². The summed E-state index contributed by atoms with van der Waals surface area (Å²) in [5, 5.41) is 9.24. The van der Waals surface area contributed by atoms with Gasteiger partial charge in [0.15, 0.2) is 4.88 Å². The molecule has 0 amide bonds. The van der Waals surface area contributed by atoms with Crippen molar-refractivity contribution in [1.82, 2.24) is 4.98 Å². The van der Waals surface area contributed by atoms with Crippen molar-refractivity contribution >= 4 is 17.3 Å². The molecule has 4 rings (SSSR count). The van der Waals surface area contributed by atoms with E-state index in [0.29, 0.717) is 24.7 Å². The van der Waals surface area contributed by atoms with Crippen LogP contribution in [0.1, 0.15) is 57.2 Å². The summed E-state index contributed by atoms with van der Waals surface area (Å²) in [6.45, 7) is 4.28. The van der Waals surface area contributed by atoms with Gasteiger partial charge in [-0.25, -0.2) is 9.78 Å². The number of ether oxygens (including phenoxy) is 2. The van der Waals surface area contributed by atoms with E-state index in [4.69, 9.17) is 13.9 Å². The number of halogens is 3. The third-order valence-electron chi connectivity index (χ3n) is 6.03. The molecule has 1 aliphatic carbocycles. The van der Waals surface area contributed by atoms with Crippen LogP contribution in [0.25, 0.3) is 11.5 Å². The molecule has 3 aromatic rings. The maximum Gasteiger partial charge on any atom is 0.425 e. The van der Waals surface area contributed by atoms with Gasteiger partial charge in [-0.2, -0.15) is 13.2 Å². The Morgan fingerprint density at radius 2 is 1.97 bits per heavy atom. The highest BCUT2D eigenvalue weighted by Crippen LogP contribution is 2.40. The van der Waals surface area contributed by atoms with Crippen molar-refractivity contribution in [1.29, 1.82) is 0 Å². The topological polar surface area (TPSA) is 81.8 Å². The molecule has 0 bridgehead atoms. The van der Waals surface area contributed by atoms with Gasteiger partial charge in [0.2, 0.25) is 5.89 Å². The quantitative estimate of drug-likeness (QED) is 0.356. The smallest absolute Gasteiger partial charge is 0.425 e. The number of nitrogens with zero attached hydrogens (tertiary/aromatic N) is 1. The molecule has 0 aliphatic heterocycles. The molecular weight excluding hydrogens is 483 g/mol. The summed E-state index contributed by atoms with van der Waals surface area (Å²) >= 11 is 0.180. The average molecular weight is 510 g/mol. The van der Waals surface area contributed by atoms with Gasteiger partial charge in [-0.1, -0.05) is 24.1 Å². The first-order chi connectivity index (χ1) is 16.6. The third-order valence-corrected chi connectivity index (χ3v) is 7.18. The van der Waals surface area contributed by atoms with Gasteiger partial charge in [-0.3, -0.25) is 0 Å². The molecule has 1 N–H and O–H groups in total. The zero-order valence-corrected chi connectivity index (χ0v) is 20.2. The minimum Gasteiger partial charge on any atom is -0.491 e. The lowest BCUT2D eigenvalue weighted by Crippen LogP contribution is -2.26. The number of oxazole rings is 1. The van der Waals surface area contributed by atoms with E-state index in [1.807, 2.05) is 38.1 Å². The Morgan fingerprint density at radius 3 is 2.66 bits per heavy atom. The maximum absolute atomic E-state index is 13.0. The van der Waals surface area contributed by atoms with E-state index in [1.54, 1.807) is 0 Å². The number of hydrogen-bond acceptors (Lipinski definition) is 6. The predicted molar refractivity (Wildman–Crippen MR) is 124 cm³/mol. The maximum atomic E-state index is 13.0. The van der Waals surface area contributed by atoms with Crippen LogP contribution < -0.4 is 4.74 Å². The summed E-state index contributed by atoms with van der Waals surface area (Å²) in [6, 6.07) is 8.67. The van der Waals surface area contributed by atoms with Gasteiger partial charge in [0.1, 0.15) is 22.1 Å². The lowest BCUT2D eigenvalue weighted by atomic mass is 9.88. The molecule has 6 nitrogen and oxygen atoms in total. The largest absolute Gasteiger partial charge is 0.491 e. The number of carboxylic acids is 1. The standard InChI is InChI=1S/C25H26F3NO5S/c1-14-6-8-17(9-7-14)23-29-19(15(2)34-23)13-32-18-5-3-4-16(10-18)12-33-20-11-21(25(26,27)28)35-22(20)24(30)31/h6-9,11,16,18H,3-5,10,12-13H2,1-2H3,(H,30,31)/t16-,18+/m1/s1. The summed E-state index contributed by atoms with van der Waals surface area (Å²) in [7, 11) is 0. The Balaban J connectivity index is 1.33. The van der Waals surface area contributed by atoms with E-state index in [9.17, 15) is 23.1 Å². The van der Waals surface area contributed by atoms with Crippen molar-refractivity contribution in [3.63, 3.8) is 0 Å². The van der Waals surface area contributed by atoms with Gasteiger partial charge in [-0.15, -0.1) is 11.3 Å². The molecule has 1 aliphatic rings. The Kier molecular flexibility index (Phi) is 7.51. The number of carboxylic acid groups (broad SMARTS) is 1. The zero-order chi connectivity index (χ0) is 25.2. The van der Waals surface area contributed by atoms with Crippen molar-refractivity contribution in [2.45, 2.75) is 58.4 Å². The Morgan fingerprint density at radius 1 is 1.23 bits per heavy atom. The number of alkyl halides is 3. The van der Waals surface area contributed by atoms with Crippen molar-refractivity contribution in [2.24, 2.45) is 5.92 Å². The van der Waals surface area contributed by atoms with Crippen LogP contribution >= 0.6 is 11.3 Å². The third kappa shape index (κ3) is 6.24. The second-order valence-corrected chi connectivity index (χ2v) is 9.82. The molecule has 1 aromatic carbocycles. The van der Waals surface area contributed by atoms with Crippen molar-refractivity contribution < 1.29 is 37.0 Å². The number of benzene rings is 1. The van der Waals surface area contributed by atoms with Crippen LogP contribution in [-0.4, -0.2) is 28.8 Å². The van der Waals surface area contributed by atoms with E-state index in [-0.39, 0.29) is 35.7 Å². The van der Waals surface area contributed by atoms with Crippen LogP contribution in [0.3, 0.4) is 0 Å². The second kappa shape index (κ2) is 10.4. The lowest BCUT2D eigenvalue weighted by Gasteiger charge is -2.29. The highest BCUT2D eigenvalue weighted by Gasteiger charge is 2.36. The van der Waals surface area contributed by atoms with E-state index in [2.05, 4.69) is 4.98 Å². The van der Waals surface area contributed by atoms with Crippen LogP contribution in [0.5, 0.6) is 5.75 Å². The van der Waals surface area contributed by atoms with E-state index in [0.717, 1.165) is 42.1 Å². The van der Waals surface area contributed by atoms with Crippen LogP contribution in [0, 0.1) is 19.8 Å². The molecule has 188 valence electrons. The first kappa shape index (κ1) is 25.2. The Hall–Kier alpha value is -2.85.